The van der Waals surface area contributed by atoms with Crippen LogP contribution in [-0.2, 0) is 32.7 Å². The Morgan fingerprint density at radius 2 is 0.921 bits per heavy atom. The molecule has 360 valence electrons. The SMILES string of the molecule is CC/C=C/C/C=C/C/C=C/C/C=C/C/C=C/CCCC(=O)O[C@@H](COC(=O)CCCCCCCCC/C=C/C/C=C/CCCCC)COP(=O)(O)OC1C(O)C(O)C(O)[C@H](O)C1O. The van der Waals surface area contributed by atoms with Crippen molar-refractivity contribution in [1.82, 2.24) is 0 Å². The highest BCUT2D eigenvalue weighted by molar-refractivity contribution is 7.47. The molecular weight excluding hydrogens is 828 g/mol. The van der Waals surface area contributed by atoms with Gasteiger partial charge in [-0.3, -0.25) is 18.6 Å². The minimum atomic E-state index is -5.14. The van der Waals surface area contributed by atoms with Crippen LogP contribution in [0.2, 0.25) is 0 Å². The van der Waals surface area contributed by atoms with Crippen LogP contribution in [-0.4, -0.2) is 98.3 Å². The van der Waals surface area contributed by atoms with Gasteiger partial charge in [-0.05, 0) is 83.5 Å². The van der Waals surface area contributed by atoms with Gasteiger partial charge in [-0.1, -0.05) is 144 Å². The number of phosphoric ester groups is 1. The topological polar surface area (TPSA) is 210 Å². The summed E-state index contributed by atoms with van der Waals surface area (Å²) in [6.45, 7) is 3.10. The van der Waals surface area contributed by atoms with E-state index >= 15 is 0 Å². The van der Waals surface area contributed by atoms with E-state index in [2.05, 4.69) is 86.8 Å². The zero-order valence-electron chi connectivity index (χ0n) is 38.1. The highest BCUT2D eigenvalue weighted by Gasteiger charge is 2.51. The van der Waals surface area contributed by atoms with Gasteiger partial charge in [0.05, 0.1) is 6.61 Å². The Morgan fingerprint density at radius 3 is 1.43 bits per heavy atom. The standard InChI is InChI=1S/C49H81O13P/c1-3-5-7-9-11-13-15-17-19-21-23-25-27-29-31-33-35-37-42(50)59-39-41(40-60-63(57,58)62-49-47(55)45(53)44(52)46(54)48(49)56)61-43(51)38-36-34-32-30-28-26-24-22-20-18-16-14-12-10-8-6-4-2/h6,8,11-14,17-20,24,26,30,32,41,44-49,52-56H,3-5,7,9-10,15-16,21-23,25,27-29,31,33-40H2,1-2H3,(H,57,58)/b8-6+,13-11+,14-12+,19-17+,20-18+,26-24+,32-30+/t41-,44?,45-,46?,47?,48?,49?/m0/s1. The maximum atomic E-state index is 12.8. The molecule has 0 aliphatic heterocycles. The number of unbranched alkanes of at least 4 members (excludes halogenated alkanes) is 11. The number of phosphoric acid groups is 1. The largest absolute Gasteiger partial charge is 0.472 e. The lowest BCUT2D eigenvalue weighted by Crippen LogP contribution is -2.64. The number of carbonyl (C=O) groups is 2. The van der Waals surface area contributed by atoms with Gasteiger partial charge >= 0.3 is 19.8 Å². The van der Waals surface area contributed by atoms with Gasteiger partial charge in [-0.15, -0.1) is 0 Å². The van der Waals surface area contributed by atoms with Gasteiger partial charge in [-0.25, -0.2) is 4.57 Å². The Morgan fingerprint density at radius 1 is 0.508 bits per heavy atom. The monoisotopic (exact) mass is 909 g/mol. The van der Waals surface area contributed by atoms with E-state index < -0.39 is 75.7 Å². The van der Waals surface area contributed by atoms with Gasteiger partial charge in [0.2, 0.25) is 0 Å². The summed E-state index contributed by atoms with van der Waals surface area (Å²) in [6, 6.07) is 0. The summed E-state index contributed by atoms with van der Waals surface area (Å²) in [5.74, 6) is -1.18. The molecule has 0 bridgehead atoms. The molecule has 14 heteroatoms. The highest BCUT2D eigenvalue weighted by atomic mass is 31.2. The van der Waals surface area contributed by atoms with Crippen molar-refractivity contribution in [3.05, 3.63) is 85.1 Å². The number of hydrogen-bond donors (Lipinski definition) is 6. The molecule has 0 aromatic carbocycles. The third-order valence-electron chi connectivity index (χ3n) is 10.2. The van der Waals surface area contributed by atoms with Crippen LogP contribution >= 0.6 is 7.82 Å². The number of aliphatic hydroxyl groups excluding tert-OH is 5. The first-order chi connectivity index (χ1) is 30.4. The smallest absolute Gasteiger partial charge is 0.462 e. The lowest BCUT2D eigenvalue weighted by molar-refractivity contribution is -0.220. The van der Waals surface area contributed by atoms with Crippen LogP contribution in [0.1, 0.15) is 155 Å². The summed E-state index contributed by atoms with van der Waals surface area (Å²) in [5.41, 5.74) is 0. The van der Waals surface area contributed by atoms with Crippen molar-refractivity contribution in [2.24, 2.45) is 0 Å². The summed E-state index contributed by atoms with van der Waals surface area (Å²) >= 11 is 0. The zero-order valence-corrected chi connectivity index (χ0v) is 39.0. The first-order valence-corrected chi connectivity index (χ1v) is 24.9. The van der Waals surface area contributed by atoms with Crippen LogP contribution < -0.4 is 0 Å². The lowest BCUT2D eigenvalue weighted by atomic mass is 9.85. The first-order valence-electron chi connectivity index (χ1n) is 23.4. The first kappa shape index (κ1) is 58.0. The normalized spacial score (nSPS) is 22.5. The predicted octanol–water partition coefficient (Wildman–Crippen LogP) is 9.28. The maximum Gasteiger partial charge on any atom is 0.472 e. The van der Waals surface area contributed by atoms with E-state index in [0.717, 1.165) is 89.9 Å². The number of esters is 2. The van der Waals surface area contributed by atoms with E-state index in [0.29, 0.717) is 19.3 Å². The fourth-order valence-corrected chi connectivity index (χ4v) is 7.44. The van der Waals surface area contributed by atoms with E-state index in [9.17, 15) is 44.6 Å². The molecular formula is C49H81O13P. The summed E-state index contributed by atoms with van der Waals surface area (Å²) in [4.78, 5) is 35.7. The second-order valence-corrected chi connectivity index (χ2v) is 17.3. The molecule has 6 unspecified atom stereocenters. The van der Waals surface area contributed by atoms with Gasteiger partial charge in [0.1, 0.15) is 43.2 Å². The molecule has 0 amide bonds. The summed E-state index contributed by atoms with van der Waals surface area (Å²) < 4.78 is 33.5. The Labute approximate surface area is 378 Å². The van der Waals surface area contributed by atoms with Crippen LogP contribution in [0, 0.1) is 0 Å². The van der Waals surface area contributed by atoms with Gasteiger partial charge in [-0.2, -0.15) is 0 Å². The molecule has 63 heavy (non-hydrogen) atoms. The van der Waals surface area contributed by atoms with E-state index in [4.69, 9.17) is 18.5 Å². The van der Waals surface area contributed by atoms with Gasteiger partial charge in [0, 0.05) is 12.8 Å². The Kier molecular flexibility index (Phi) is 35.3. The third-order valence-corrected chi connectivity index (χ3v) is 11.2. The van der Waals surface area contributed by atoms with Crippen LogP contribution in [0.15, 0.2) is 85.1 Å². The quantitative estimate of drug-likeness (QED) is 0.0149. The van der Waals surface area contributed by atoms with Crippen molar-refractivity contribution in [1.29, 1.82) is 0 Å². The van der Waals surface area contributed by atoms with E-state index in [1.54, 1.807) is 0 Å². The molecule has 6 N–H and O–H groups in total. The molecule has 0 saturated heterocycles. The number of rotatable bonds is 37. The molecule has 13 nitrogen and oxygen atoms in total. The lowest BCUT2D eigenvalue weighted by Gasteiger charge is -2.41. The van der Waals surface area contributed by atoms with Crippen molar-refractivity contribution >= 4 is 19.8 Å². The molecule has 1 rings (SSSR count). The average molecular weight is 909 g/mol. The second-order valence-electron chi connectivity index (χ2n) is 15.9. The van der Waals surface area contributed by atoms with Crippen LogP contribution in [0.5, 0.6) is 0 Å². The van der Waals surface area contributed by atoms with Gasteiger partial charge in [0.15, 0.2) is 6.10 Å². The molecule has 0 radical (unpaired) electrons. The van der Waals surface area contributed by atoms with Crippen LogP contribution in [0.3, 0.4) is 0 Å². The van der Waals surface area contributed by atoms with Crippen LogP contribution in [0.25, 0.3) is 0 Å². The molecule has 8 atom stereocenters. The molecule has 0 heterocycles. The Bertz CT molecular complexity index is 1420. The molecule has 0 aromatic heterocycles. The van der Waals surface area contributed by atoms with Crippen LogP contribution in [0.4, 0.5) is 0 Å². The fraction of sp³-hybridized carbons (Fsp3) is 0.673. The number of carbonyl (C=O) groups excluding carboxylic acids is 2. The number of ether oxygens (including phenoxy) is 2. The molecule has 1 aliphatic rings. The van der Waals surface area contributed by atoms with Crippen molar-refractivity contribution < 1.29 is 63.1 Å². The Hall–Kier alpha value is -2.97. The second kappa shape index (κ2) is 38.3. The Balaban J connectivity index is 2.51. The van der Waals surface area contributed by atoms with E-state index in [1.165, 1.54) is 19.3 Å². The number of allylic oxidation sites excluding steroid dienone is 14. The zero-order chi connectivity index (χ0) is 46.4. The molecule has 1 saturated carbocycles. The minimum Gasteiger partial charge on any atom is -0.462 e. The highest BCUT2D eigenvalue weighted by Crippen LogP contribution is 2.47. The molecule has 0 aromatic rings. The van der Waals surface area contributed by atoms with Gasteiger partial charge < -0.3 is 39.9 Å². The van der Waals surface area contributed by atoms with E-state index in [-0.39, 0.29) is 12.8 Å². The molecule has 0 spiro atoms. The van der Waals surface area contributed by atoms with Crippen molar-refractivity contribution in [2.45, 2.75) is 198 Å². The van der Waals surface area contributed by atoms with Gasteiger partial charge in [0.25, 0.3) is 0 Å². The molecule has 1 aliphatic carbocycles. The summed E-state index contributed by atoms with van der Waals surface area (Å²) in [7, 11) is -5.14. The van der Waals surface area contributed by atoms with Crippen molar-refractivity contribution in [3.8, 4) is 0 Å². The third kappa shape index (κ3) is 30.7. The van der Waals surface area contributed by atoms with E-state index in [1.807, 2.05) is 12.2 Å². The maximum absolute atomic E-state index is 12.8. The number of hydrogen-bond acceptors (Lipinski definition) is 12. The number of aliphatic hydroxyl groups is 5. The summed E-state index contributed by atoms with van der Waals surface area (Å²) in [6.07, 6.45) is 36.4. The molecule has 1 fully saturated rings. The van der Waals surface area contributed by atoms with Crippen molar-refractivity contribution in [3.63, 3.8) is 0 Å². The summed E-state index contributed by atoms with van der Waals surface area (Å²) in [5, 5.41) is 50.2. The van der Waals surface area contributed by atoms with Crippen molar-refractivity contribution in [2.75, 3.05) is 13.2 Å². The predicted molar refractivity (Wildman–Crippen MR) is 248 cm³/mol. The fourth-order valence-electron chi connectivity index (χ4n) is 6.47. The average Bonchev–Trinajstić information content (AvgIpc) is 3.26. The minimum absolute atomic E-state index is 0.0121.